The highest BCUT2D eigenvalue weighted by molar-refractivity contribution is 5.86. The molecule has 2 fully saturated rings. The van der Waals surface area contributed by atoms with Gasteiger partial charge in [-0.3, -0.25) is 4.79 Å². The van der Waals surface area contributed by atoms with E-state index in [-0.39, 0.29) is 12.0 Å². The zero-order valence-electron chi connectivity index (χ0n) is 16.8. The largest absolute Gasteiger partial charge is 0.497 e. The first-order chi connectivity index (χ1) is 12.7. The molecular weight excluding hydrogens is 344 g/mol. The van der Waals surface area contributed by atoms with Crippen LogP contribution in [-0.4, -0.2) is 54.1 Å². The molecule has 2 saturated heterocycles. The monoisotopic (exact) mass is 374 g/mol. The maximum absolute atomic E-state index is 13.2. The Morgan fingerprint density at radius 1 is 1.15 bits per heavy atom. The maximum Gasteiger partial charge on any atom is 0.410 e. The van der Waals surface area contributed by atoms with Gasteiger partial charge in [-0.05, 0) is 57.7 Å². The van der Waals surface area contributed by atoms with Gasteiger partial charge >= 0.3 is 6.09 Å². The molecule has 148 valence electrons. The number of ether oxygens (including phenoxy) is 2. The molecule has 0 aliphatic carbocycles. The standard InChI is InChI=1S/C21H30N2O4/c1-20(2,3)27-19(25)23-12-5-10-21(15-23)11-13-22(18(21)24)14-16-6-8-17(26-4)9-7-16/h6-9H,5,10-15H2,1-4H3. The summed E-state index contributed by atoms with van der Waals surface area (Å²) in [5, 5.41) is 0. The van der Waals surface area contributed by atoms with Crippen molar-refractivity contribution < 1.29 is 19.1 Å². The Kier molecular flexibility index (Phi) is 5.36. The van der Waals surface area contributed by atoms with Gasteiger partial charge < -0.3 is 19.3 Å². The second kappa shape index (κ2) is 7.41. The maximum atomic E-state index is 13.2. The molecule has 1 spiro atoms. The van der Waals surface area contributed by atoms with Crippen molar-refractivity contribution >= 4 is 12.0 Å². The molecule has 2 aliphatic rings. The minimum absolute atomic E-state index is 0.159. The number of benzene rings is 1. The van der Waals surface area contributed by atoms with Crippen LogP contribution >= 0.6 is 0 Å². The Morgan fingerprint density at radius 3 is 2.48 bits per heavy atom. The van der Waals surface area contributed by atoms with Crippen molar-refractivity contribution in [2.75, 3.05) is 26.7 Å². The van der Waals surface area contributed by atoms with Crippen LogP contribution in [0.5, 0.6) is 5.75 Å². The molecular formula is C21H30N2O4. The van der Waals surface area contributed by atoms with E-state index in [1.807, 2.05) is 49.9 Å². The number of carbonyl (C=O) groups is 2. The molecule has 0 N–H and O–H groups in total. The summed E-state index contributed by atoms with van der Waals surface area (Å²) in [4.78, 5) is 29.3. The van der Waals surface area contributed by atoms with Gasteiger partial charge in [-0.15, -0.1) is 0 Å². The molecule has 2 amide bonds. The first-order valence-electron chi connectivity index (χ1n) is 9.63. The van der Waals surface area contributed by atoms with Gasteiger partial charge in [0.05, 0.1) is 12.5 Å². The molecule has 0 radical (unpaired) electrons. The smallest absolute Gasteiger partial charge is 0.410 e. The molecule has 2 aliphatic heterocycles. The van der Waals surface area contributed by atoms with E-state index >= 15 is 0 Å². The van der Waals surface area contributed by atoms with E-state index in [0.29, 0.717) is 19.6 Å². The molecule has 1 unspecified atom stereocenters. The Balaban J connectivity index is 1.66. The lowest BCUT2D eigenvalue weighted by Crippen LogP contribution is -2.50. The third-order valence-corrected chi connectivity index (χ3v) is 5.36. The fraction of sp³-hybridized carbons (Fsp3) is 0.619. The Labute approximate surface area is 161 Å². The molecule has 1 aromatic carbocycles. The van der Waals surface area contributed by atoms with Crippen LogP contribution in [-0.2, 0) is 16.1 Å². The zero-order chi connectivity index (χ0) is 19.7. The number of methoxy groups -OCH3 is 1. The fourth-order valence-corrected chi connectivity index (χ4v) is 3.99. The van der Waals surface area contributed by atoms with Gasteiger partial charge in [-0.2, -0.15) is 0 Å². The van der Waals surface area contributed by atoms with E-state index in [1.54, 1.807) is 12.0 Å². The quantitative estimate of drug-likeness (QED) is 0.813. The summed E-state index contributed by atoms with van der Waals surface area (Å²) < 4.78 is 10.7. The van der Waals surface area contributed by atoms with E-state index in [0.717, 1.165) is 37.1 Å². The van der Waals surface area contributed by atoms with Crippen LogP contribution in [0.15, 0.2) is 24.3 Å². The molecule has 6 nitrogen and oxygen atoms in total. The van der Waals surface area contributed by atoms with Crippen LogP contribution in [0.3, 0.4) is 0 Å². The summed E-state index contributed by atoms with van der Waals surface area (Å²) in [6, 6.07) is 7.81. The highest BCUT2D eigenvalue weighted by Crippen LogP contribution is 2.41. The molecule has 0 bridgehead atoms. The lowest BCUT2D eigenvalue weighted by molar-refractivity contribution is -0.139. The predicted molar refractivity (Wildman–Crippen MR) is 103 cm³/mol. The zero-order valence-corrected chi connectivity index (χ0v) is 16.8. The first kappa shape index (κ1) is 19.5. The molecule has 2 heterocycles. The number of hydrogen-bond donors (Lipinski definition) is 0. The van der Waals surface area contributed by atoms with E-state index in [9.17, 15) is 9.59 Å². The second-order valence-corrected chi connectivity index (χ2v) is 8.61. The summed E-state index contributed by atoms with van der Waals surface area (Å²) >= 11 is 0. The summed E-state index contributed by atoms with van der Waals surface area (Å²) in [5.74, 6) is 0.967. The number of amides is 2. The molecule has 27 heavy (non-hydrogen) atoms. The first-order valence-corrected chi connectivity index (χ1v) is 9.63. The number of piperidine rings is 1. The van der Waals surface area contributed by atoms with Gasteiger partial charge in [-0.1, -0.05) is 12.1 Å². The van der Waals surface area contributed by atoms with Crippen LogP contribution in [0, 0.1) is 5.41 Å². The third kappa shape index (κ3) is 4.37. The summed E-state index contributed by atoms with van der Waals surface area (Å²) in [6.07, 6.45) is 2.15. The normalized spacial score (nSPS) is 23.0. The van der Waals surface area contributed by atoms with Crippen molar-refractivity contribution in [2.45, 2.75) is 52.2 Å². The van der Waals surface area contributed by atoms with Crippen LogP contribution in [0.4, 0.5) is 4.79 Å². The van der Waals surface area contributed by atoms with Gasteiger partial charge in [0.2, 0.25) is 5.91 Å². The molecule has 6 heteroatoms. The number of carbonyl (C=O) groups excluding carboxylic acids is 2. The van der Waals surface area contributed by atoms with Crippen LogP contribution in [0.2, 0.25) is 0 Å². The third-order valence-electron chi connectivity index (χ3n) is 5.36. The van der Waals surface area contributed by atoms with Crippen molar-refractivity contribution in [2.24, 2.45) is 5.41 Å². The van der Waals surface area contributed by atoms with E-state index in [1.165, 1.54) is 0 Å². The van der Waals surface area contributed by atoms with Gasteiger partial charge in [-0.25, -0.2) is 4.79 Å². The lowest BCUT2D eigenvalue weighted by atomic mass is 9.78. The van der Waals surface area contributed by atoms with Crippen LogP contribution in [0.25, 0.3) is 0 Å². The highest BCUT2D eigenvalue weighted by atomic mass is 16.6. The van der Waals surface area contributed by atoms with Crippen molar-refractivity contribution in [3.05, 3.63) is 29.8 Å². The van der Waals surface area contributed by atoms with Crippen molar-refractivity contribution in [1.29, 1.82) is 0 Å². The topological polar surface area (TPSA) is 59.1 Å². The average molecular weight is 374 g/mol. The lowest BCUT2D eigenvalue weighted by Gasteiger charge is -2.39. The highest BCUT2D eigenvalue weighted by Gasteiger charge is 2.49. The summed E-state index contributed by atoms with van der Waals surface area (Å²) in [6.45, 7) is 8.03. The molecule has 1 aromatic rings. The van der Waals surface area contributed by atoms with Crippen LogP contribution < -0.4 is 4.74 Å². The number of likely N-dealkylation sites (tertiary alicyclic amines) is 2. The van der Waals surface area contributed by atoms with E-state index in [4.69, 9.17) is 9.47 Å². The van der Waals surface area contributed by atoms with E-state index < -0.39 is 11.0 Å². The Hall–Kier alpha value is -2.24. The fourth-order valence-electron chi connectivity index (χ4n) is 3.99. The van der Waals surface area contributed by atoms with E-state index in [2.05, 4.69) is 0 Å². The average Bonchev–Trinajstić information content (AvgIpc) is 2.90. The predicted octanol–water partition coefficient (Wildman–Crippen LogP) is 3.44. The van der Waals surface area contributed by atoms with Crippen molar-refractivity contribution in [3.63, 3.8) is 0 Å². The SMILES string of the molecule is COc1ccc(CN2CCC3(CCCN(C(=O)OC(C)(C)C)C3)C2=O)cc1. The molecule has 1 atom stereocenters. The Morgan fingerprint density at radius 2 is 1.85 bits per heavy atom. The van der Waals surface area contributed by atoms with Crippen molar-refractivity contribution in [1.82, 2.24) is 9.80 Å². The van der Waals surface area contributed by atoms with Gasteiger partial charge in [0.1, 0.15) is 11.4 Å². The van der Waals surface area contributed by atoms with Gasteiger partial charge in [0, 0.05) is 26.2 Å². The minimum atomic E-state index is -0.526. The number of nitrogens with zero attached hydrogens (tertiary/aromatic N) is 2. The minimum Gasteiger partial charge on any atom is -0.497 e. The second-order valence-electron chi connectivity index (χ2n) is 8.61. The summed E-state index contributed by atoms with van der Waals surface area (Å²) in [5.41, 5.74) is 0.102. The van der Waals surface area contributed by atoms with Crippen molar-refractivity contribution in [3.8, 4) is 5.75 Å². The van der Waals surface area contributed by atoms with Crippen LogP contribution in [0.1, 0.15) is 45.6 Å². The molecule has 0 aromatic heterocycles. The molecule has 0 saturated carbocycles. The molecule has 3 rings (SSSR count). The Bertz CT molecular complexity index is 695. The number of rotatable bonds is 3. The van der Waals surface area contributed by atoms with Gasteiger partial charge in [0.25, 0.3) is 0 Å². The van der Waals surface area contributed by atoms with Gasteiger partial charge in [0.15, 0.2) is 0 Å². The summed E-state index contributed by atoms with van der Waals surface area (Å²) in [7, 11) is 1.64. The number of hydrogen-bond acceptors (Lipinski definition) is 4.